The molecule has 0 aromatic rings. The van der Waals surface area contributed by atoms with Gasteiger partial charge in [-0.1, -0.05) is 26.0 Å². The molecule has 14 heavy (non-hydrogen) atoms. The van der Waals surface area contributed by atoms with Gasteiger partial charge in [-0.3, -0.25) is 4.90 Å². The van der Waals surface area contributed by atoms with Gasteiger partial charge < -0.3 is 5.11 Å². The predicted molar refractivity (Wildman–Crippen MR) is 58.1 cm³/mol. The van der Waals surface area contributed by atoms with Crippen LogP contribution in [0.25, 0.3) is 0 Å². The van der Waals surface area contributed by atoms with Crippen LogP contribution < -0.4 is 0 Å². The van der Waals surface area contributed by atoms with Crippen LogP contribution in [0.1, 0.15) is 33.1 Å². The summed E-state index contributed by atoms with van der Waals surface area (Å²) in [6.45, 7) is 9.93. The Labute approximate surface area is 86.6 Å². The first-order valence-corrected chi connectivity index (χ1v) is 5.63. The standard InChI is InChI=1S/C12H21NO/c1-9(2)11-4-5-12(8-14)6-10(3)7-13(11)12/h9,11,14H,3-8H2,1-2H3/t11-,12-/m0/s1. The quantitative estimate of drug-likeness (QED) is 0.679. The molecular weight excluding hydrogens is 174 g/mol. The molecule has 2 aliphatic rings. The summed E-state index contributed by atoms with van der Waals surface area (Å²) in [5, 5.41) is 9.56. The van der Waals surface area contributed by atoms with E-state index in [2.05, 4.69) is 25.3 Å². The molecule has 0 aromatic carbocycles. The van der Waals surface area contributed by atoms with Crippen LogP contribution in [0.3, 0.4) is 0 Å². The van der Waals surface area contributed by atoms with Gasteiger partial charge in [0.1, 0.15) is 0 Å². The third-order valence-corrected chi connectivity index (χ3v) is 3.95. The molecule has 2 heterocycles. The van der Waals surface area contributed by atoms with E-state index < -0.39 is 0 Å². The van der Waals surface area contributed by atoms with Gasteiger partial charge in [0.2, 0.25) is 0 Å². The number of hydrogen-bond acceptors (Lipinski definition) is 2. The highest BCUT2D eigenvalue weighted by molar-refractivity contribution is 5.19. The summed E-state index contributed by atoms with van der Waals surface area (Å²) in [6, 6.07) is 0.654. The van der Waals surface area contributed by atoms with Gasteiger partial charge in [-0.05, 0) is 25.2 Å². The third-order valence-electron chi connectivity index (χ3n) is 3.95. The van der Waals surface area contributed by atoms with Crippen LogP contribution >= 0.6 is 0 Å². The Kier molecular flexibility index (Phi) is 2.44. The summed E-state index contributed by atoms with van der Waals surface area (Å²) in [7, 11) is 0. The smallest absolute Gasteiger partial charge is 0.0618 e. The second-order valence-electron chi connectivity index (χ2n) is 5.29. The normalized spacial score (nSPS) is 38.3. The van der Waals surface area contributed by atoms with Crippen molar-refractivity contribution in [1.82, 2.24) is 4.90 Å². The molecule has 2 aliphatic heterocycles. The maximum Gasteiger partial charge on any atom is 0.0618 e. The van der Waals surface area contributed by atoms with Gasteiger partial charge in [0.25, 0.3) is 0 Å². The van der Waals surface area contributed by atoms with E-state index >= 15 is 0 Å². The molecule has 1 N–H and O–H groups in total. The molecule has 0 aliphatic carbocycles. The molecule has 0 amide bonds. The van der Waals surface area contributed by atoms with Crippen LogP contribution in [-0.4, -0.2) is 34.7 Å². The highest BCUT2D eigenvalue weighted by Crippen LogP contribution is 2.45. The molecule has 80 valence electrons. The van der Waals surface area contributed by atoms with Crippen molar-refractivity contribution in [2.75, 3.05) is 13.2 Å². The van der Waals surface area contributed by atoms with Gasteiger partial charge in [-0.2, -0.15) is 0 Å². The predicted octanol–water partition coefficient (Wildman–Crippen LogP) is 1.80. The minimum atomic E-state index is 0.0615. The molecular formula is C12H21NO. The maximum absolute atomic E-state index is 9.56. The fourth-order valence-electron chi connectivity index (χ4n) is 3.22. The fraction of sp³-hybridized carbons (Fsp3) is 0.833. The molecule has 0 unspecified atom stereocenters. The van der Waals surface area contributed by atoms with E-state index in [1.54, 1.807) is 0 Å². The van der Waals surface area contributed by atoms with Crippen LogP contribution in [0.2, 0.25) is 0 Å². The molecule has 2 fully saturated rings. The molecule has 2 rings (SSSR count). The van der Waals surface area contributed by atoms with E-state index in [0.29, 0.717) is 18.6 Å². The van der Waals surface area contributed by atoms with Crippen LogP contribution in [0, 0.1) is 5.92 Å². The SMILES string of the molecule is C=C1CN2[C@H](C(C)C)CC[C@@]2(CO)C1. The average Bonchev–Trinajstić information content (AvgIpc) is 2.58. The van der Waals surface area contributed by atoms with E-state index in [-0.39, 0.29) is 5.54 Å². The Hall–Kier alpha value is -0.340. The van der Waals surface area contributed by atoms with E-state index in [0.717, 1.165) is 19.4 Å². The molecule has 0 aromatic heterocycles. The van der Waals surface area contributed by atoms with Crippen LogP contribution in [0.5, 0.6) is 0 Å². The molecule has 2 heteroatoms. The second-order valence-corrected chi connectivity index (χ2v) is 5.29. The van der Waals surface area contributed by atoms with E-state index in [9.17, 15) is 5.11 Å². The zero-order chi connectivity index (χ0) is 10.3. The van der Waals surface area contributed by atoms with Crippen LogP contribution in [-0.2, 0) is 0 Å². The molecule has 2 atom stereocenters. The van der Waals surface area contributed by atoms with Crippen molar-refractivity contribution in [2.45, 2.75) is 44.7 Å². The highest BCUT2D eigenvalue weighted by atomic mass is 16.3. The van der Waals surface area contributed by atoms with Crippen LogP contribution in [0.15, 0.2) is 12.2 Å². The minimum Gasteiger partial charge on any atom is -0.394 e. The molecule has 0 saturated carbocycles. The first-order chi connectivity index (χ1) is 6.59. The summed E-state index contributed by atoms with van der Waals surface area (Å²) < 4.78 is 0. The summed E-state index contributed by atoms with van der Waals surface area (Å²) in [5.74, 6) is 0.689. The number of aliphatic hydroxyl groups is 1. The van der Waals surface area contributed by atoms with Crippen molar-refractivity contribution in [1.29, 1.82) is 0 Å². The van der Waals surface area contributed by atoms with Crippen molar-refractivity contribution < 1.29 is 5.11 Å². The monoisotopic (exact) mass is 195 g/mol. The Balaban J connectivity index is 2.22. The van der Waals surface area contributed by atoms with Crippen molar-refractivity contribution in [3.05, 3.63) is 12.2 Å². The fourth-order valence-corrected chi connectivity index (χ4v) is 3.22. The number of aliphatic hydroxyl groups excluding tert-OH is 1. The molecule has 0 spiro atoms. The zero-order valence-electron chi connectivity index (χ0n) is 9.29. The van der Waals surface area contributed by atoms with E-state index in [1.807, 2.05) is 0 Å². The van der Waals surface area contributed by atoms with Crippen molar-refractivity contribution in [3.8, 4) is 0 Å². The van der Waals surface area contributed by atoms with Crippen molar-refractivity contribution in [3.63, 3.8) is 0 Å². The Morgan fingerprint density at radius 3 is 2.93 bits per heavy atom. The van der Waals surface area contributed by atoms with Crippen LogP contribution in [0.4, 0.5) is 0 Å². The number of rotatable bonds is 2. The molecule has 2 nitrogen and oxygen atoms in total. The lowest BCUT2D eigenvalue weighted by Gasteiger charge is -2.34. The topological polar surface area (TPSA) is 23.5 Å². The van der Waals surface area contributed by atoms with Gasteiger partial charge in [0.15, 0.2) is 0 Å². The number of nitrogens with zero attached hydrogens (tertiary/aromatic N) is 1. The van der Waals surface area contributed by atoms with Gasteiger partial charge >= 0.3 is 0 Å². The molecule has 2 saturated heterocycles. The Morgan fingerprint density at radius 2 is 2.36 bits per heavy atom. The van der Waals surface area contributed by atoms with Gasteiger partial charge in [0, 0.05) is 18.1 Å². The minimum absolute atomic E-state index is 0.0615. The van der Waals surface area contributed by atoms with Crippen molar-refractivity contribution in [2.24, 2.45) is 5.92 Å². The lowest BCUT2D eigenvalue weighted by Crippen LogP contribution is -2.46. The highest BCUT2D eigenvalue weighted by Gasteiger charge is 2.50. The summed E-state index contributed by atoms with van der Waals surface area (Å²) in [6.07, 6.45) is 3.39. The lowest BCUT2D eigenvalue weighted by molar-refractivity contribution is 0.0657. The lowest BCUT2D eigenvalue weighted by atomic mass is 9.93. The largest absolute Gasteiger partial charge is 0.394 e. The maximum atomic E-state index is 9.56. The second kappa shape index (κ2) is 3.35. The van der Waals surface area contributed by atoms with E-state index in [1.165, 1.54) is 12.0 Å². The Morgan fingerprint density at radius 1 is 1.64 bits per heavy atom. The third kappa shape index (κ3) is 1.32. The summed E-state index contributed by atoms with van der Waals surface area (Å²) >= 11 is 0. The number of hydrogen-bond donors (Lipinski definition) is 1. The number of fused-ring (bicyclic) bond motifs is 1. The van der Waals surface area contributed by atoms with Gasteiger partial charge in [-0.15, -0.1) is 0 Å². The van der Waals surface area contributed by atoms with Gasteiger partial charge in [0.05, 0.1) is 6.61 Å². The Bertz CT molecular complexity index is 249. The van der Waals surface area contributed by atoms with Crippen molar-refractivity contribution >= 4 is 0 Å². The summed E-state index contributed by atoms with van der Waals surface area (Å²) in [4.78, 5) is 2.50. The molecule has 0 bridgehead atoms. The zero-order valence-corrected chi connectivity index (χ0v) is 9.29. The first-order valence-electron chi connectivity index (χ1n) is 5.63. The molecule has 0 radical (unpaired) electrons. The average molecular weight is 195 g/mol. The summed E-state index contributed by atoms with van der Waals surface area (Å²) in [5.41, 5.74) is 1.36. The van der Waals surface area contributed by atoms with Gasteiger partial charge in [-0.25, -0.2) is 0 Å². The first kappa shape index (κ1) is 10.2. The van der Waals surface area contributed by atoms with E-state index in [4.69, 9.17) is 0 Å².